The van der Waals surface area contributed by atoms with E-state index in [4.69, 9.17) is 4.74 Å². The summed E-state index contributed by atoms with van der Waals surface area (Å²) in [5.74, 6) is 0.430. The van der Waals surface area contributed by atoms with Crippen LogP contribution in [0.3, 0.4) is 0 Å². The molecule has 0 aliphatic carbocycles. The highest BCUT2D eigenvalue weighted by molar-refractivity contribution is 5.96. The number of nitrogens with one attached hydrogen (secondary N) is 1. The number of carbonyl (C=O) groups excluding carboxylic acids is 2. The van der Waals surface area contributed by atoms with Crippen molar-refractivity contribution in [3.05, 3.63) is 54.4 Å². The predicted molar refractivity (Wildman–Crippen MR) is 112 cm³/mol. The minimum atomic E-state index is -0.256. The van der Waals surface area contributed by atoms with E-state index in [1.807, 2.05) is 12.1 Å². The van der Waals surface area contributed by atoms with Gasteiger partial charge in [0.25, 0.3) is 5.91 Å². The fraction of sp³-hybridized carbons (Fsp3) is 0.409. The van der Waals surface area contributed by atoms with Gasteiger partial charge in [-0.05, 0) is 42.8 Å². The van der Waals surface area contributed by atoms with Crippen molar-refractivity contribution in [3.63, 3.8) is 0 Å². The molecule has 1 saturated heterocycles. The van der Waals surface area contributed by atoms with Crippen molar-refractivity contribution >= 4 is 17.5 Å². The van der Waals surface area contributed by atoms with Gasteiger partial charge in [0.1, 0.15) is 5.75 Å². The molecule has 1 fully saturated rings. The quantitative estimate of drug-likeness (QED) is 0.694. The Bertz CT molecular complexity index is 787. The molecule has 7 nitrogen and oxygen atoms in total. The average molecular weight is 396 g/mol. The van der Waals surface area contributed by atoms with Crippen LogP contribution in [0.1, 0.15) is 30.1 Å². The maximum atomic E-state index is 12.4. The van der Waals surface area contributed by atoms with Gasteiger partial charge in [0.15, 0.2) is 0 Å². The van der Waals surface area contributed by atoms with Crippen molar-refractivity contribution < 1.29 is 14.3 Å². The third-order valence-corrected chi connectivity index (χ3v) is 4.94. The van der Waals surface area contributed by atoms with Crippen molar-refractivity contribution in [2.75, 3.05) is 44.2 Å². The van der Waals surface area contributed by atoms with Crippen LogP contribution in [-0.2, 0) is 4.79 Å². The number of amides is 2. The molecule has 0 saturated carbocycles. The number of unbranched alkanes of at least 4 members (excludes halogenated alkanes) is 1. The van der Waals surface area contributed by atoms with Gasteiger partial charge in [-0.1, -0.05) is 13.3 Å². The van der Waals surface area contributed by atoms with Gasteiger partial charge in [0.2, 0.25) is 5.91 Å². The largest absolute Gasteiger partial charge is 0.494 e. The molecule has 1 aromatic carbocycles. The number of nitrogens with zero attached hydrogens (tertiary/aromatic N) is 3. The Labute approximate surface area is 171 Å². The molecule has 0 bridgehead atoms. The predicted octanol–water partition coefficient (Wildman–Crippen LogP) is 2.34. The summed E-state index contributed by atoms with van der Waals surface area (Å²) in [6, 6.07) is 10.9. The number of carbonyl (C=O) groups is 2. The van der Waals surface area contributed by atoms with E-state index in [0.717, 1.165) is 37.4 Å². The van der Waals surface area contributed by atoms with E-state index in [-0.39, 0.29) is 18.4 Å². The third-order valence-electron chi connectivity index (χ3n) is 4.94. The number of pyridine rings is 1. The molecule has 154 valence electrons. The van der Waals surface area contributed by atoms with Crippen LogP contribution in [0.5, 0.6) is 5.75 Å². The molecule has 2 aromatic rings. The van der Waals surface area contributed by atoms with Crippen molar-refractivity contribution in [1.82, 2.24) is 15.2 Å². The first-order valence-corrected chi connectivity index (χ1v) is 10.1. The fourth-order valence-electron chi connectivity index (χ4n) is 3.18. The van der Waals surface area contributed by atoms with Crippen LogP contribution in [0.2, 0.25) is 0 Å². The highest BCUT2D eigenvalue weighted by atomic mass is 16.5. The molecule has 0 atom stereocenters. The zero-order valence-electron chi connectivity index (χ0n) is 16.8. The zero-order valence-corrected chi connectivity index (χ0v) is 16.8. The minimum absolute atomic E-state index is 0.00282. The van der Waals surface area contributed by atoms with Crippen LogP contribution in [0.25, 0.3) is 0 Å². The van der Waals surface area contributed by atoms with E-state index in [2.05, 4.69) is 22.1 Å². The number of piperazine rings is 1. The molecule has 1 aliphatic rings. The highest BCUT2D eigenvalue weighted by Gasteiger charge is 2.21. The van der Waals surface area contributed by atoms with Crippen LogP contribution in [0.15, 0.2) is 48.8 Å². The molecule has 7 heteroatoms. The number of ether oxygens (including phenoxy) is 1. The number of hydrogen-bond acceptors (Lipinski definition) is 5. The molecule has 0 spiro atoms. The summed E-state index contributed by atoms with van der Waals surface area (Å²) in [7, 11) is 0. The van der Waals surface area contributed by atoms with Crippen LogP contribution in [-0.4, -0.2) is 61.0 Å². The lowest BCUT2D eigenvalue weighted by Crippen LogP contribution is -2.51. The normalized spacial score (nSPS) is 13.8. The van der Waals surface area contributed by atoms with E-state index in [0.29, 0.717) is 25.3 Å². The van der Waals surface area contributed by atoms with Gasteiger partial charge >= 0.3 is 0 Å². The van der Waals surface area contributed by atoms with Gasteiger partial charge in [0.05, 0.1) is 13.2 Å². The molecule has 0 radical (unpaired) electrons. The topological polar surface area (TPSA) is 74.8 Å². The van der Waals surface area contributed by atoms with Crippen LogP contribution in [0.4, 0.5) is 5.69 Å². The zero-order chi connectivity index (χ0) is 20.5. The second kappa shape index (κ2) is 10.5. The van der Waals surface area contributed by atoms with Crippen molar-refractivity contribution in [3.8, 4) is 5.75 Å². The molecule has 3 rings (SSSR count). The van der Waals surface area contributed by atoms with Crippen molar-refractivity contribution in [2.24, 2.45) is 0 Å². The first-order valence-electron chi connectivity index (χ1n) is 10.1. The van der Waals surface area contributed by atoms with Crippen LogP contribution >= 0.6 is 0 Å². The summed E-state index contributed by atoms with van der Waals surface area (Å²) >= 11 is 0. The average Bonchev–Trinajstić information content (AvgIpc) is 2.78. The van der Waals surface area contributed by atoms with Crippen LogP contribution in [0, 0.1) is 0 Å². The first kappa shape index (κ1) is 20.6. The number of benzene rings is 1. The summed E-state index contributed by atoms with van der Waals surface area (Å²) in [5, 5.41) is 2.72. The standard InChI is InChI=1S/C22H28N4O3/c1-2-3-16-29-20-6-4-18(5-7-20)22(28)24-17-21(27)26-14-12-25(13-15-26)19-8-10-23-11-9-19/h4-11H,2-3,12-17H2,1H3,(H,24,28). The lowest BCUT2D eigenvalue weighted by molar-refractivity contribution is -0.130. The van der Waals surface area contributed by atoms with Gasteiger partial charge in [-0.15, -0.1) is 0 Å². The second-order valence-electron chi connectivity index (χ2n) is 6.98. The highest BCUT2D eigenvalue weighted by Crippen LogP contribution is 2.15. The number of hydrogen-bond donors (Lipinski definition) is 1. The summed E-state index contributed by atoms with van der Waals surface area (Å²) < 4.78 is 5.60. The Kier molecular flexibility index (Phi) is 7.44. The van der Waals surface area contributed by atoms with Gasteiger partial charge in [-0.3, -0.25) is 14.6 Å². The lowest BCUT2D eigenvalue weighted by atomic mass is 10.2. The molecule has 2 heterocycles. The van der Waals surface area contributed by atoms with Gasteiger partial charge in [-0.25, -0.2) is 0 Å². The Balaban J connectivity index is 1.41. The summed E-state index contributed by atoms with van der Waals surface area (Å²) in [6.45, 7) is 5.60. The summed E-state index contributed by atoms with van der Waals surface area (Å²) in [6.07, 6.45) is 5.62. The summed E-state index contributed by atoms with van der Waals surface area (Å²) in [4.78, 5) is 32.8. The van der Waals surface area contributed by atoms with Gasteiger partial charge in [-0.2, -0.15) is 0 Å². The SMILES string of the molecule is CCCCOc1ccc(C(=O)NCC(=O)N2CCN(c3ccncc3)CC2)cc1. The number of rotatable bonds is 8. The Hall–Kier alpha value is -3.09. The van der Waals surface area contributed by atoms with Crippen LogP contribution < -0.4 is 15.0 Å². The molecular formula is C22H28N4O3. The Morgan fingerprint density at radius 1 is 1.03 bits per heavy atom. The number of anilines is 1. The maximum Gasteiger partial charge on any atom is 0.251 e. The Morgan fingerprint density at radius 3 is 2.38 bits per heavy atom. The fourth-order valence-corrected chi connectivity index (χ4v) is 3.18. The second-order valence-corrected chi connectivity index (χ2v) is 6.98. The van der Waals surface area contributed by atoms with E-state index >= 15 is 0 Å². The molecule has 1 N–H and O–H groups in total. The first-order chi connectivity index (χ1) is 14.2. The minimum Gasteiger partial charge on any atom is -0.494 e. The smallest absolute Gasteiger partial charge is 0.251 e. The summed E-state index contributed by atoms with van der Waals surface area (Å²) in [5.41, 5.74) is 1.63. The number of aromatic nitrogens is 1. The molecule has 29 heavy (non-hydrogen) atoms. The molecule has 1 aromatic heterocycles. The van der Waals surface area contributed by atoms with Crippen molar-refractivity contribution in [1.29, 1.82) is 0 Å². The third kappa shape index (κ3) is 5.94. The lowest BCUT2D eigenvalue weighted by Gasteiger charge is -2.36. The van der Waals surface area contributed by atoms with Gasteiger partial charge in [0, 0.05) is 49.8 Å². The molecule has 1 aliphatic heterocycles. The maximum absolute atomic E-state index is 12.4. The van der Waals surface area contributed by atoms with E-state index in [9.17, 15) is 9.59 Å². The van der Waals surface area contributed by atoms with Crippen molar-refractivity contribution in [2.45, 2.75) is 19.8 Å². The van der Waals surface area contributed by atoms with E-state index in [1.54, 1.807) is 41.6 Å². The van der Waals surface area contributed by atoms with E-state index in [1.165, 1.54) is 0 Å². The molecular weight excluding hydrogens is 368 g/mol. The van der Waals surface area contributed by atoms with E-state index < -0.39 is 0 Å². The monoisotopic (exact) mass is 396 g/mol. The molecule has 2 amide bonds. The molecule has 0 unspecified atom stereocenters. The Morgan fingerprint density at radius 2 is 1.72 bits per heavy atom. The van der Waals surface area contributed by atoms with Gasteiger partial charge < -0.3 is 19.9 Å².